The number of morpholine rings is 1. The number of benzene rings is 2. The van der Waals surface area contributed by atoms with Crippen LogP contribution in [0.5, 0.6) is 5.75 Å². The Balaban J connectivity index is 1.80. The van der Waals surface area contributed by atoms with Crippen molar-refractivity contribution in [1.29, 1.82) is 0 Å². The van der Waals surface area contributed by atoms with Crippen molar-refractivity contribution in [3.8, 4) is 5.75 Å². The first kappa shape index (κ1) is 18.8. The SMILES string of the molecule is Cc1cc(OS(=O)(=O)c2ccc(F)cc2)c(C)cc1C[NH+]1CCOCC1. The Morgan fingerprint density at radius 1 is 1.08 bits per heavy atom. The Morgan fingerprint density at radius 3 is 2.38 bits per heavy atom. The molecule has 0 amide bonds. The highest BCUT2D eigenvalue weighted by atomic mass is 32.2. The number of nitrogens with one attached hydrogen (secondary N) is 1. The predicted molar refractivity (Wildman–Crippen MR) is 95.3 cm³/mol. The molecule has 7 heteroatoms. The van der Waals surface area contributed by atoms with E-state index >= 15 is 0 Å². The van der Waals surface area contributed by atoms with Crippen molar-refractivity contribution < 1.29 is 26.6 Å². The van der Waals surface area contributed by atoms with Crippen molar-refractivity contribution in [3.05, 3.63) is 58.9 Å². The summed E-state index contributed by atoms with van der Waals surface area (Å²) in [5.74, 6) is -0.196. The Labute approximate surface area is 153 Å². The van der Waals surface area contributed by atoms with E-state index in [0.717, 1.165) is 56.1 Å². The molecule has 0 atom stereocenters. The van der Waals surface area contributed by atoms with Gasteiger partial charge in [-0.1, -0.05) is 0 Å². The molecular formula is C19H23FNO4S+. The smallest absolute Gasteiger partial charge is 0.339 e. The third kappa shape index (κ3) is 4.41. The van der Waals surface area contributed by atoms with Gasteiger partial charge in [-0.3, -0.25) is 0 Å². The van der Waals surface area contributed by atoms with Crippen molar-refractivity contribution in [3.63, 3.8) is 0 Å². The van der Waals surface area contributed by atoms with Gasteiger partial charge in [-0.2, -0.15) is 8.42 Å². The monoisotopic (exact) mass is 380 g/mol. The van der Waals surface area contributed by atoms with E-state index in [1.807, 2.05) is 19.9 Å². The van der Waals surface area contributed by atoms with Crippen LogP contribution >= 0.6 is 0 Å². The lowest BCUT2D eigenvalue weighted by Crippen LogP contribution is -3.12. The highest BCUT2D eigenvalue weighted by molar-refractivity contribution is 7.87. The zero-order valence-corrected chi connectivity index (χ0v) is 15.7. The number of halogens is 1. The minimum absolute atomic E-state index is 0.0715. The molecule has 1 aliphatic rings. The Kier molecular flexibility index (Phi) is 5.60. The lowest BCUT2D eigenvalue weighted by molar-refractivity contribution is -0.921. The second-order valence-corrected chi connectivity index (χ2v) is 8.12. The van der Waals surface area contributed by atoms with Crippen LogP contribution in [0.25, 0.3) is 0 Å². The zero-order chi connectivity index (χ0) is 18.7. The van der Waals surface area contributed by atoms with Crippen LogP contribution in [0.3, 0.4) is 0 Å². The van der Waals surface area contributed by atoms with Crippen molar-refractivity contribution in [1.82, 2.24) is 0 Å². The summed E-state index contributed by atoms with van der Waals surface area (Å²) in [7, 11) is -4.00. The summed E-state index contributed by atoms with van der Waals surface area (Å²) >= 11 is 0. The standard InChI is InChI=1S/C19H22FNO4S/c1-14-12-19(25-26(22,23)18-5-3-17(20)4-6-18)15(2)11-16(14)13-21-7-9-24-10-8-21/h3-6,11-12H,7-10,13H2,1-2H3/p+1. The van der Waals surface area contributed by atoms with Gasteiger partial charge in [-0.05, 0) is 61.4 Å². The number of rotatable bonds is 5. The minimum Gasteiger partial charge on any atom is -0.379 e. The van der Waals surface area contributed by atoms with Crippen LogP contribution in [-0.2, 0) is 21.4 Å². The molecule has 1 N–H and O–H groups in total. The lowest BCUT2D eigenvalue weighted by atomic mass is 10.0. The summed E-state index contributed by atoms with van der Waals surface area (Å²) in [4.78, 5) is 1.38. The van der Waals surface area contributed by atoms with Crippen LogP contribution in [0.4, 0.5) is 4.39 Å². The van der Waals surface area contributed by atoms with Gasteiger partial charge in [0, 0.05) is 5.56 Å². The maximum Gasteiger partial charge on any atom is 0.339 e. The minimum atomic E-state index is -4.00. The second kappa shape index (κ2) is 7.73. The summed E-state index contributed by atoms with van der Waals surface area (Å²) in [6.07, 6.45) is 0. The molecule has 0 radical (unpaired) electrons. The Morgan fingerprint density at radius 2 is 1.73 bits per heavy atom. The fraction of sp³-hybridized carbons (Fsp3) is 0.368. The Bertz CT molecular complexity index is 875. The maximum absolute atomic E-state index is 13.0. The number of aryl methyl sites for hydroxylation is 2. The molecule has 1 fully saturated rings. The van der Waals surface area contributed by atoms with E-state index in [-0.39, 0.29) is 4.90 Å². The molecule has 0 aliphatic carbocycles. The predicted octanol–water partition coefficient (Wildman–Crippen LogP) is 1.63. The van der Waals surface area contributed by atoms with Crippen molar-refractivity contribution >= 4 is 10.1 Å². The number of ether oxygens (including phenoxy) is 1. The van der Waals surface area contributed by atoms with Gasteiger partial charge in [0.05, 0.1) is 13.2 Å². The molecule has 1 heterocycles. The average Bonchev–Trinajstić information content (AvgIpc) is 2.60. The highest BCUT2D eigenvalue weighted by Gasteiger charge is 2.20. The summed E-state index contributed by atoms with van der Waals surface area (Å²) in [6, 6.07) is 8.33. The van der Waals surface area contributed by atoms with Gasteiger partial charge in [0.25, 0.3) is 0 Å². The molecule has 1 saturated heterocycles. The normalized spacial score (nSPS) is 15.8. The molecule has 2 aromatic rings. The summed E-state index contributed by atoms with van der Waals surface area (Å²) in [5, 5.41) is 0. The molecule has 1 aliphatic heterocycles. The van der Waals surface area contributed by atoms with Gasteiger partial charge in [0.1, 0.15) is 36.1 Å². The average molecular weight is 380 g/mol. The Hall–Kier alpha value is -1.96. The van der Waals surface area contributed by atoms with Crippen LogP contribution < -0.4 is 9.08 Å². The molecule has 140 valence electrons. The summed E-state index contributed by atoms with van der Waals surface area (Å²) in [5.41, 5.74) is 2.91. The molecule has 0 spiro atoms. The fourth-order valence-corrected chi connectivity index (χ4v) is 3.99. The lowest BCUT2D eigenvalue weighted by Gasteiger charge is -2.24. The van der Waals surface area contributed by atoms with Gasteiger partial charge in [0.15, 0.2) is 0 Å². The number of quaternary nitrogens is 1. The van der Waals surface area contributed by atoms with Crippen molar-refractivity contribution in [2.24, 2.45) is 0 Å². The molecule has 0 unspecified atom stereocenters. The molecule has 5 nitrogen and oxygen atoms in total. The highest BCUT2D eigenvalue weighted by Crippen LogP contribution is 2.26. The molecule has 0 aromatic heterocycles. The first-order chi connectivity index (χ1) is 12.3. The van der Waals surface area contributed by atoms with E-state index < -0.39 is 15.9 Å². The van der Waals surface area contributed by atoms with Gasteiger partial charge >= 0.3 is 10.1 Å². The van der Waals surface area contributed by atoms with E-state index in [1.54, 1.807) is 6.07 Å². The molecule has 0 saturated carbocycles. The van der Waals surface area contributed by atoms with Crippen LogP contribution in [-0.4, -0.2) is 34.7 Å². The van der Waals surface area contributed by atoms with E-state index in [9.17, 15) is 12.8 Å². The first-order valence-corrected chi connectivity index (χ1v) is 9.97. The third-order valence-electron chi connectivity index (χ3n) is 4.58. The molecule has 0 bridgehead atoms. The molecular weight excluding hydrogens is 357 g/mol. The summed E-state index contributed by atoms with van der Waals surface area (Å²) in [6.45, 7) is 8.13. The van der Waals surface area contributed by atoms with Crippen LogP contribution in [0, 0.1) is 19.7 Å². The molecule has 2 aromatic carbocycles. The van der Waals surface area contributed by atoms with Gasteiger partial charge < -0.3 is 13.8 Å². The van der Waals surface area contributed by atoms with Gasteiger partial charge in [-0.15, -0.1) is 0 Å². The topological polar surface area (TPSA) is 57.0 Å². The van der Waals surface area contributed by atoms with E-state index in [4.69, 9.17) is 8.92 Å². The number of hydrogen-bond acceptors (Lipinski definition) is 4. The quantitative estimate of drug-likeness (QED) is 0.801. The molecule has 3 rings (SSSR count). The van der Waals surface area contributed by atoms with E-state index in [2.05, 4.69) is 0 Å². The first-order valence-electron chi connectivity index (χ1n) is 8.56. The van der Waals surface area contributed by atoms with Gasteiger partial charge in [0.2, 0.25) is 0 Å². The van der Waals surface area contributed by atoms with Crippen LogP contribution in [0.2, 0.25) is 0 Å². The largest absolute Gasteiger partial charge is 0.379 e. The zero-order valence-electron chi connectivity index (χ0n) is 14.9. The van der Waals surface area contributed by atoms with E-state index in [1.165, 1.54) is 22.6 Å². The fourth-order valence-electron chi connectivity index (χ4n) is 3.00. The molecule has 26 heavy (non-hydrogen) atoms. The van der Waals surface area contributed by atoms with Gasteiger partial charge in [-0.25, -0.2) is 4.39 Å². The van der Waals surface area contributed by atoms with Crippen molar-refractivity contribution in [2.45, 2.75) is 25.3 Å². The van der Waals surface area contributed by atoms with Crippen molar-refractivity contribution in [2.75, 3.05) is 26.3 Å². The second-order valence-electron chi connectivity index (χ2n) is 6.57. The third-order valence-corrected chi connectivity index (χ3v) is 5.82. The summed E-state index contributed by atoms with van der Waals surface area (Å²) < 4.78 is 48.5. The van der Waals surface area contributed by atoms with E-state index in [0.29, 0.717) is 5.75 Å². The number of hydrogen-bond donors (Lipinski definition) is 1. The van der Waals surface area contributed by atoms with Crippen LogP contribution in [0.1, 0.15) is 16.7 Å². The van der Waals surface area contributed by atoms with Crippen LogP contribution in [0.15, 0.2) is 41.3 Å². The maximum atomic E-state index is 13.0.